The zero-order chi connectivity index (χ0) is 12.9. The smallest absolute Gasteiger partial charge is 0.247 e. The molecule has 0 radical (unpaired) electrons. The molecular formula is C13H14BrN3O. The third-order valence-electron chi connectivity index (χ3n) is 3.34. The molecule has 0 aliphatic heterocycles. The van der Waals surface area contributed by atoms with Crippen LogP contribution in [0, 0.1) is 6.92 Å². The van der Waals surface area contributed by atoms with Crippen LogP contribution in [0.3, 0.4) is 0 Å². The first kappa shape index (κ1) is 11.7. The third kappa shape index (κ3) is 1.82. The Morgan fingerprint density at radius 2 is 2.11 bits per heavy atom. The second-order valence-corrected chi connectivity index (χ2v) is 5.62. The van der Waals surface area contributed by atoms with Crippen molar-refractivity contribution in [1.82, 2.24) is 14.3 Å². The molecule has 0 bridgehead atoms. The predicted molar refractivity (Wildman–Crippen MR) is 73.2 cm³/mol. The molecule has 0 saturated heterocycles. The van der Waals surface area contributed by atoms with Gasteiger partial charge in [-0.15, -0.1) is 0 Å². The summed E-state index contributed by atoms with van der Waals surface area (Å²) >= 11 is 3.58. The van der Waals surface area contributed by atoms with Crippen molar-refractivity contribution in [3.05, 3.63) is 44.5 Å². The average molecular weight is 308 g/mol. The Bertz CT molecular complexity index is 667. The topological polar surface area (TPSA) is 39.8 Å². The van der Waals surface area contributed by atoms with Crippen LogP contribution in [0.1, 0.15) is 30.1 Å². The quantitative estimate of drug-likeness (QED) is 0.855. The van der Waals surface area contributed by atoms with Crippen molar-refractivity contribution in [3.63, 3.8) is 0 Å². The molecule has 18 heavy (non-hydrogen) atoms. The number of aryl methyl sites for hydroxylation is 2. The van der Waals surface area contributed by atoms with Crippen molar-refractivity contribution < 1.29 is 0 Å². The van der Waals surface area contributed by atoms with Gasteiger partial charge in [-0.2, -0.15) is 5.10 Å². The Labute approximate surface area is 113 Å². The summed E-state index contributed by atoms with van der Waals surface area (Å²) in [5.41, 5.74) is 2.09. The fourth-order valence-electron chi connectivity index (χ4n) is 2.26. The van der Waals surface area contributed by atoms with Gasteiger partial charge in [-0.25, -0.2) is 14.0 Å². The van der Waals surface area contributed by atoms with Gasteiger partial charge < -0.3 is 0 Å². The number of aromatic nitrogens is 3. The summed E-state index contributed by atoms with van der Waals surface area (Å²) in [5, 5.41) is 4.15. The molecular weight excluding hydrogens is 294 g/mol. The van der Waals surface area contributed by atoms with Gasteiger partial charge in [0.15, 0.2) is 0 Å². The van der Waals surface area contributed by atoms with Crippen LogP contribution in [0.15, 0.2) is 27.5 Å². The zero-order valence-corrected chi connectivity index (χ0v) is 11.9. The molecule has 1 saturated carbocycles. The van der Waals surface area contributed by atoms with Gasteiger partial charge in [-0.3, -0.25) is 0 Å². The Balaban J connectivity index is 2.17. The van der Waals surface area contributed by atoms with Gasteiger partial charge in [-0.05, 0) is 49.4 Å². The van der Waals surface area contributed by atoms with Crippen molar-refractivity contribution in [2.24, 2.45) is 7.05 Å². The monoisotopic (exact) mass is 307 g/mol. The average Bonchev–Trinajstić information content (AvgIpc) is 3.11. The highest BCUT2D eigenvalue weighted by Crippen LogP contribution is 2.43. The molecule has 0 N–H and O–H groups in total. The van der Waals surface area contributed by atoms with E-state index in [-0.39, 0.29) is 5.69 Å². The maximum absolute atomic E-state index is 12.0. The standard InChI is InChI=1S/C13H14BrN3O/c1-8-15-16(2)13(18)17(8)10-5-6-12(14)11(7-10)9-3-4-9/h5-7,9H,3-4H2,1-2H3. The second-order valence-electron chi connectivity index (χ2n) is 4.77. The van der Waals surface area contributed by atoms with Gasteiger partial charge in [0.25, 0.3) is 0 Å². The molecule has 1 heterocycles. The van der Waals surface area contributed by atoms with Crippen LogP contribution in [-0.4, -0.2) is 14.3 Å². The SMILES string of the molecule is Cc1nn(C)c(=O)n1-c1ccc(Br)c(C2CC2)c1. The van der Waals surface area contributed by atoms with Crippen LogP contribution >= 0.6 is 15.9 Å². The number of rotatable bonds is 2. The van der Waals surface area contributed by atoms with Crippen molar-refractivity contribution in [1.29, 1.82) is 0 Å². The van der Waals surface area contributed by atoms with Crippen molar-refractivity contribution in [3.8, 4) is 5.69 Å². The number of hydrogen-bond donors (Lipinski definition) is 0. The summed E-state index contributed by atoms with van der Waals surface area (Å²) < 4.78 is 4.15. The molecule has 0 atom stereocenters. The van der Waals surface area contributed by atoms with E-state index >= 15 is 0 Å². The van der Waals surface area contributed by atoms with E-state index in [1.165, 1.54) is 23.1 Å². The second kappa shape index (κ2) is 4.09. The molecule has 1 aliphatic carbocycles. The molecule has 0 amide bonds. The Hall–Kier alpha value is -1.36. The van der Waals surface area contributed by atoms with E-state index in [0.29, 0.717) is 11.7 Å². The lowest BCUT2D eigenvalue weighted by atomic mass is 10.1. The lowest BCUT2D eigenvalue weighted by molar-refractivity contribution is 0.723. The summed E-state index contributed by atoms with van der Waals surface area (Å²) in [5.74, 6) is 1.36. The minimum Gasteiger partial charge on any atom is -0.247 e. The van der Waals surface area contributed by atoms with Crippen LogP contribution in [0.25, 0.3) is 5.69 Å². The fourth-order valence-corrected chi connectivity index (χ4v) is 2.83. The van der Waals surface area contributed by atoms with Gasteiger partial charge >= 0.3 is 5.69 Å². The molecule has 0 unspecified atom stereocenters. The van der Waals surface area contributed by atoms with Crippen LogP contribution in [0.4, 0.5) is 0 Å². The molecule has 0 spiro atoms. The largest absolute Gasteiger partial charge is 0.350 e. The highest BCUT2D eigenvalue weighted by molar-refractivity contribution is 9.10. The first-order valence-corrected chi connectivity index (χ1v) is 6.79. The van der Waals surface area contributed by atoms with E-state index in [4.69, 9.17) is 0 Å². The number of benzene rings is 1. The van der Waals surface area contributed by atoms with E-state index in [1.807, 2.05) is 19.1 Å². The van der Waals surface area contributed by atoms with Crippen molar-refractivity contribution in [2.75, 3.05) is 0 Å². The minimum atomic E-state index is -0.100. The summed E-state index contributed by atoms with van der Waals surface area (Å²) in [7, 11) is 1.67. The fraction of sp³-hybridized carbons (Fsp3) is 0.385. The molecule has 1 aliphatic rings. The number of nitrogens with zero attached hydrogens (tertiary/aromatic N) is 3. The van der Waals surface area contributed by atoms with Gasteiger partial charge in [0.2, 0.25) is 0 Å². The Morgan fingerprint density at radius 1 is 1.39 bits per heavy atom. The number of halogens is 1. The summed E-state index contributed by atoms with van der Waals surface area (Å²) in [4.78, 5) is 12.0. The first-order chi connectivity index (χ1) is 8.58. The molecule has 5 heteroatoms. The normalized spacial score (nSPS) is 15.1. The van der Waals surface area contributed by atoms with E-state index in [0.717, 1.165) is 10.2 Å². The lowest BCUT2D eigenvalue weighted by Gasteiger charge is -2.07. The van der Waals surface area contributed by atoms with E-state index in [9.17, 15) is 4.79 Å². The van der Waals surface area contributed by atoms with Crippen LogP contribution < -0.4 is 5.69 Å². The summed E-state index contributed by atoms with van der Waals surface area (Å²) in [6, 6.07) is 6.06. The van der Waals surface area contributed by atoms with E-state index in [2.05, 4.69) is 27.1 Å². The maximum Gasteiger partial charge on any atom is 0.350 e. The van der Waals surface area contributed by atoms with Crippen molar-refractivity contribution in [2.45, 2.75) is 25.7 Å². The zero-order valence-electron chi connectivity index (χ0n) is 10.4. The summed E-state index contributed by atoms with van der Waals surface area (Å²) in [6.45, 7) is 1.85. The first-order valence-electron chi connectivity index (χ1n) is 6.00. The van der Waals surface area contributed by atoms with Gasteiger partial charge in [0.1, 0.15) is 5.82 Å². The molecule has 2 aromatic rings. The molecule has 1 aromatic heterocycles. The molecule has 3 rings (SSSR count). The minimum absolute atomic E-state index is 0.100. The van der Waals surface area contributed by atoms with Crippen LogP contribution in [-0.2, 0) is 7.05 Å². The Morgan fingerprint density at radius 3 is 2.67 bits per heavy atom. The molecule has 1 aromatic carbocycles. The third-order valence-corrected chi connectivity index (χ3v) is 4.06. The highest BCUT2D eigenvalue weighted by Gasteiger charge is 2.26. The highest BCUT2D eigenvalue weighted by atomic mass is 79.9. The Kier molecular flexibility index (Phi) is 2.66. The van der Waals surface area contributed by atoms with Crippen LogP contribution in [0.5, 0.6) is 0 Å². The molecule has 1 fully saturated rings. The van der Waals surface area contributed by atoms with Crippen molar-refractivity contribution >= 4 is 15.9 Å². The molecule has 4 nitrogen and oxygen atoms in total. The van der Waals surface area contributed by atoms with Gasteiger partial charge in [0, 0.05) is 11.5 Å². The van der Waals surface area contributed by atoms with Gasteiger partial charge in [-0.1, -0.05) is 15.9 Å². The van der Waals surface area contributed by atoms with E-state index in [1.54, 1.807) is 11.6 Å². The molecule has 94 valence electrons. The van der Waals surface area contributed by atoms with Crippen LogP contribution in [0.2, 0.25) is 0 Å². The predicted octanol–water partition coefficient (Wildman–Crippen LogP) is 2.52. The lowest BCUT2D eigenvalue weighted by Crippen LogP contribution is -2.21. The number of hydrogen-bond acceptors (Lipinski definition) is 2. The maximum atomic E-state index is 12.0. The van der Waals surface area contributed by atoms with Gasteiger partial charge in [0.05, 0.1) is 5.69 Å². The van der Waals surface area contributed by atoms with E-state index < -0.39 is 0 Å². The summed E-state index contributed by atoms with van der Waals surface area (Å²) in [6.07, 6.45) is 2.48.